The molecule has 0 unspecified atom stereocenters. The molecule has 1 N–H and O–H groups in total. The molecule has 1 fully saturated rings. The number of hydrogen-bond donors (Lipinski definition) is 1. The maximum Gasteiger partial charge on any atom is 0.254 e. The molecule has 0 spiro atoms. The first kappa shape index (κ1) is 10.2. The summed E-state index contributed by atoms with van der Waals surface area (Å²) in [5, 5.41) is 0. The van der Waals surface area contributed by atoms with Gasteiger partial charge in [0, 0.05) is 0 Å². The molecule has 1 aliphatic rings. The second kappa shape index (κ2) is 4.47. The molecule has 15 heavy (non-hydrogen) atoms. The molecule has 82 valence electrons. The highest BCUT2D eigenvalue weighted by Crippen LogP contribution is 2.25. The van der Waals surface area contributed by atoms with Crippen LogP contribution in [0.3, 0.4) is 0 Å². The van der Waals surface area contributed by atoms with Crippen LogP contribution in [0, 0.1) is 5.92 Å². The third-order valence-electron chi connectivity index (χ3n) is 2.90. The number of nitrogens with zero attached hydrogens (tertiary/aromatic N) is 1. The number of aromatic nitrogens is 2. The third-order valence-corrected chi connectivity index (χ3v) is 2.90. The van der Waals surface area contributed by atoms with Gasteiger partial charge in [-0.15, -0.1) is 0 Å². The van der Waals surface area contributed by atoms with Gasteiger partial charge in [-0.2, -0.15) is 0 Å². The Balaban J connectivity index is 1.94. The molecule has 0 saturated heterocycles. The fourth-order valence-electron chi connectivity index (χ4n) is 1.93. The molecule has 0 aliphatic heterocycles. The minimum Gasteiger partial charge on any atom is -0.474 e. The normalized spacial score (nSPS) is 26.2. The number of H-pyrrole nitrogens is 1. The summed E-state index contributed by atoms with van der Waals surface area (Å²) < 4.78 is 5.65. The van der Waals surface area contributed by atoms with Crippen LogP contribution in [-0.2, 0) is 0 Å². The Bertz CT molecular complexity index is 367. The van der Waals surface area contributed by atoms with Crippen molar-refractivity contribution in [1.82, 2.24) is 9.97 Å². The van der Waals surface area contributed by atoms with E-state index in [1.807, 2.05) is 0 Å². The molecular weight excluding hydrogens is 192 g/mol. The van der Waals surface area contributed by atoms with E-state index >= 15 is 0 Å². The summed E-state index contributed by atoms with van der Waals surface area (Å²) in [5.41, 5.74) is -0.163. The minimum absolute atomic E-state index is 0.163. The van der Waals surface area contributed by atoms with Gasteiger partial charge in [0.1, 0.15) is 6.10 Å². The van der Waals surface area contributed by atoms with Gasteiger partial charge in [0.15, 0.2) is 0 Å². The van der Waals surface area contributed by atoms with Crippen molar-refractivity contribution >= 4 is 0 Å². The average Bonchev–Trinajstić information content (AvgIpc) is 2.22. The lowest BCUT2D eigenvalue weighted by Gasteiger charge is -2.26. The molecule has 1 aromatic rings. The van der Waals surface area contributed by atoms with E-state index in [2.05, 4.69) is 16.9 Å². The van der Waals surface area contributed by atoms with Crippen molar-refractivity contribution in [1.29, 1.82) is 0 Å². The molecule has 0 atom stereocenters. The lowest BCUT2D eigenvalue weighted by Crippen LogP contribution is -2.24. The Morgan fingerprint density at radius 1 is 1.40 bits per heavy atom. The molecule has 1 heterocycles. The highest BCUT2D eigenvalue weighted by Gasteiger charge is 2.19. The van der Waals surface area contributed by atoms with E-state index in [9.17, 15) is 4.79 Å². The van der Waals surface area contributed by atoms with Crippen LogP contribution in [-0.4, -0.2) is 16.1 Å². The molecule has 1 aliphatic carbocycles. The molecule has 0 radical (unpaired) electrons. The quantitative estimate of drug-likeness (QED) is 0.805. The second-order valence-electron chi connectivity index (χ2n) is 4.25. The Kier molecular flexibility index (Phi) is 3.04. The zero-order chi connectivity index (χ0) is 10.7. The Morgan fingerprint density at radius 2 is 2.13 bits per heavy atom. The first-order chi connectivity index (χ1) is 7.24. The van der Waals surface area contributed by atoms with Crippen LogP contribution >= 0.6 is 0 Å². The van der Waals surface area contributed by atoms with Crippen molar-refractivity contribution in [2.24, 2.45) is 5.92 Å². The van der Waals surface area contributed by atoms with Gasteiger partial charge in [-0.05, 0) is 31.6 Å². The van der Waals surface area contributed by atoms with Crippen LogP contribution < -0.4 is 10.3 Å². The van der Waals surface area contributed by atoms with Crippen molar-refractivity contribution in [3.63, 3.8) is 0 Å². The average molecular weight is 208 g/mol. The van der Waals surface area contributed by atoms with Gasteiger partial charge >= 0.3 is 0 Å². The van der Waals surface area contributed by atoms with Crippen molar-refractivity contribution < 1.29 is 4.74 Å². The Morgan fingerprint density at radius 3 is 2.80 bits per heavy atom. The molecule has 0 bridgehead atoms. The van der Waals surface area contributed by atoms with E-state index in [4.69, 9.17) is 4.74 Å². The van der Waals surface area contributed by atoms with E-state index < -0.39 is 0 Å². The maximum atomic E-state index is 11.0. The molecule has 0 aromatic carbocycles. The van der Waals surface area contributed by atoms with Crippen LogP contribution in [0.5, 0.6) is 5.88 Å². The van der Waals surface area contributed by atoms with Gasteiger partial charge in [0.25, 0.3) is 5.56 Å². The molecule has 1 aromatic heterocycles. The van der Waals surface area contributed by atoms with E-state index in [1.54, 1.807) is 0 Å². The van der Waals surface area contributed by atoms with Crippen molar-refractivity contribution in [2.75, 3.05) is 0 Å². The van der Waals surface area contributed by atoms with Crippen molar-refractivity contribution in [3.8, 4) is 5.88 Å². The van der Waals surface area contributed by atoms with Gasteiger partial charge in [-0.1, -0.05) is 6.92 Å². The van der Waals surface area contributed by atoms with Crippen molar-refractivity contribution in [3.05, 3.63) is 22.7 Å². The molecule has 1 saturated carbocycles. The largest absolute Gasteiger partial charge is 0.474 e. The summed E-state index contributed by atoms with van der Waals surface area (Å²) in [5.74, 6) is 1.25. The topological polar surface area (TPSA) is 55.0 Å². The number of nitrogens with one attached hydrogen (secondary N) is 1. The lowest BCUT2D eigenvalue weighted by molar-refractivity contribution is 0.130. The fourth-order valence-corrected chi connectivity index (χ4v) is 1.93. The first-order valence-electron chi connectivity index (χ1n) is 5.45. The summed E-state index contributed by atoms with van der Waals surface area (Å²) in [7, 11) is 0. The minimum atomic E-state index is -0.163. The summed E-state index contributed by atoms with van der Waals surface area (Å²) in [4.78, 5) is 17.5. The van der Waals surface area contributed by atoms with Crippen LogP contribution in [0.25, 0.3) is 0 Å². The Hall–Kier alpha value is -1.32. The highest BCUT2D eigenvalue weighted by molar-refractivity contribution is 5.05. The first-order valence-corrected chi connectivity index (χ1v) is 5.45. The smallest absolute Gasteiger partial charge is 0.254 e. The summed E-state index contributed by atoms with van der Waals surface area (Å²) in [6.45, 7) is 2.27. The third kappa shape index (κ3) is 2.81. The van der Waals surface area contributed by atoms with Gasteiger partial charge in [-0.25, -0.2) is 4.98 Å². The number of ether oxygens (including phenoxy) is 1. The number of aromatic amines is 1. The van der Waals surface area contributed by atoms with Crippen molar-refractivity contribution in [2.45, 2.75) is 38.7 Å². The zero-order valence-electron chi connectivity index (χ0n) is 8.90. The summed E-state index contributed by atoms with van der Waals surface area (Å²) in [6, 6.07) is 1.40. The van der Waals surface area contributed by atoms with Gasteiger partial charge in [0.2, 0.25) is 5.88 Å². The standard InChI is InChI=1S/C11H16N2O2/c1-8-2-4-9(5-3-8)15-11-6-10(14)12-7-13-11/h6-9H,2-5H2,1H3,(H,12,13,14). The van der Waals surface area contributed by atoms with Gasteiger partial charge in [-0.3, -0.25) is 4.79 Å². The maximum absolute atomic E-state index is 11.0. The van der Waals surface area contributed by atoms with Gasteiger partial charge < -0.3 is 9.72 Å². The summed E-state index contributed by atoms with van der Waals surface area (Å²) >= 11 is 0. The number of hydrogen-bond acceptors (Lipinski definition) is 3. The number of rotatable bonds is 2. The van der Waals surface area contributed by atoms with E-state index in [-0.39, 0.29) is 11.7 Å². The van der Waals surface area contributed by atoms with Crippen LogP contribution in [0.2, 0.25) is 0 Å². The SMILES string of the molecule is CC1CCC(Oc2cc(=O)[nH]cn2)CC1. The predicted octanol–water partition coefficient (Wildman–Crippen LogP) is 1.73. The lowest BCUT2D eigenvalue weighted by atomic mass is 9.89. The van der Waals surface area contributed by atoms with Crippen LogP contribution in [0.4, 0.5) is 0 Å². The monoisotopic (exact) mass is 208 g/mol. The van der Waals surface area contributed by atoms with E-state index in [0.717, 1.165) is 18.8 Å². The second-order valence-corrected chi connectivity index (χ2v) is 4.25. The predicted molar refractivity (Wildman–Crippen MR) is 56.9 cm³/mol. The molecular formula is C11H16N2O2. The fraction of sp³-hybridized carbons (Fsp3) is 0.636. The molecule has 0 amide bonds. The molecule has 4 heteroatoms. The molecule has 2 rings (SSSR count). The Labute approximate surface area is 88.7 Å². The zero-order valence-corrected chi connectivity index (χ0v) is 8.90. The summed E-state index contributed by atoms with van der Waals surface area (Å²) in [6.07, 6.45) is 6.14. The van der Waals surface area contributed by atoms with E-state index in [1.165, 1.54) is 25.2 Å². The van der Waals surface area contributed by atoms with Crippen LogP contribution in [0.15, 0.2) is 17.2 Å². The highest BCUT2D eigenvalue weighted by atomic mass is 16.5. The van der Waals surface area contributed by atoms with Crippen LogP contribution in [0.1, 0.15) is 32.6 Å². The molecule has 4 nitrogen and oxygen atoms in total. The van der Waals surface area contributed by atoms with Gasteiger partial charge in [0.05, 0.1) is 12.4 Å². The van der Waals surface area contributed by atoms with E-state index in [0.29, 0.717) is 5.88 Å².